The van der Waals surface area contributed by atoms with Crippen LogP contribution in [0.5, 0.6) is 0 Å². The second-order valence-electron chi connectivity index (χ2n) is 11.9. The molecule has 242 valence electrons. The Hall–Kier alpha value is -6.52. The molecule has 0 spiro atoms. The molecule has 0 aliphatic carbocycles. The van der Waals surface area contributed by atoms with Crippen LogP contribution < -0.4 is 0 Å². The summed E-state index contributed by atoms with van der Waals surface area (Å²) >= 11 is 0. The lowest BCUT2D eigenvalue weighted by Gasteiger charge is -2.20. The van der Waals surface area contributed by atoms with Gasteiger partial charge in [-0.05, 0) is 78.4 Å². The van der Waals surface area contributed by atoms with Gasteiger partial charge in [0.15, 0.2) is 0 Å². The molecule has 0 bridgehead atoms. The van der Waals surface area contributed by atoms with Crippen LogP contribution in [0.25, 0.3) is 66.1 Å². The monoisotopic (exact) mass is 670 g/mol. The van der Waals surface area contributed by atoms with Crippen molar-refractivity contribution >= 4 is 43.6 Å². The van der Waals surface area contributed by atoms with Crippen molar-refractivity contribution in [3.8, 4) is 34.6 Å². The summed E-state index contributed by atoms with van der Waals surface area (Å²) in [4.78, 5) is 0. The molecular formula is C40H20F6N4. The maximum Gasteiger partial charge on any atom is 0.416 e. The van der Waals surface area contributed by atoms with Crippen molar-refractivity contribution in [2.24, 2.45) is 0 Å². The van der Waals surface area contributed by atoms with E-state index in [1.165, 1.54) is 12.1 Å². The molecule has 10 heteroatoms. The number of benzene rings is 6. The van der Waals surface area contributed by atoms with Crippen LogP contribution in [0.3, 0.4) is 0 Å². The second-order valence-corrected chi connectivity index (χ2v) is 11.9. The van der Waals surface area contributed by atoms with Crippen LogP contribution in [0.15, 0.2) is 121 Å². The number of aromatic nitrogens is 2. The van der Waals surface area contributed by atoms with Crippen molar-refractivity contribution < 1.29 is 26.3 Å². The Bertz CT molecular complexity index is 2770. The van der Waals surface area contributed by atoms with Gasteiger partial charge in [-0.2, -0.15) is 36.9 Å². The predicted octanol–water partition coefficient (Wildman–Crippen LogP) is 11.3. The number of rotatable bonds is 3. The fourth-order valence-electron chi connectivity index (χ4n) is 6.84. The fraction of sp³-hybridized carbons (Fsp3) is 0.0500. The van der Waals surface area contributed by atoms with Crippen LogP contribution in [0, 0.1) is 22.7 Å². The highest BCUT2D eigenvalue weighted by molar-refractivity contribution is 6.12. The maximum absolute atomic E-state index is 13.9. The number of halogens is 6. The number of hydrogen-bond acceptors (Lipinski definition) is 2. The molecular weight excluding hydrogens is 650 g/mol. The average molecular weight is 671 g/mol. The van der Waals surface area contributed by atoms with E-state index in [0.717, 1.165) is 24.3 Å². The Morgan fingerprint density at radius 3 is 1.46 bits per heavy atom. The summed E-state index contributed by atoms with van der Waals surface area (Å²) < 4.78 is 87.2. The fourth-order valence-corrected chi connectivity index (χ4v) is 6.84. The molecule has 0 saturated heterocycles. The zero-order chi connectivity index (χ0) is 34.9. The van der Waals surface area contributed by atoms with E-state index in [1.54, 1.807) is 89.5 Å². The number of para-hydroxylation sites is 2. The third-order valence-electron chi connectivity index (χ3n) is 9.02. The van der Waals surface area contributed by atoms with Gasteiger partial charge in [-0.15, -0.1) is 0 Å². The third-order valence-corrected chi connectivity index (χ3v) is 9.02. The highest BCUT2D eigenvalue weighted by Gasteiger charge is 2.33. The lowest BCUT2D eigenvalue weighted by molar-refractivity contribution is -0.138. The molecule has 2 heterocycles. The normalized spacial score (nSPS) is 12.2. The van der Waals surface area contributed by atoms with Gasteiger partial charge in [-0.25, -0.2) is 0 Å². The molecule has 6 aromatic carbocycles. The van der Waals surface area contributed by atoms with Crippen LogP contribution in [0.1, 0.15) is 22.3 Å². The Morgan fingerprint density at radius 2 is 0.960 bits per heavy atom. The third kappa shape index (κ3) is 4.76. The van der Waals surface area contributed by atoms with Crippen LogP contribution in [-0.4, -0.2) is 9.13 Å². The van der Waals surface area contributed by atoms with E-state index in [0.29, 0.717) is 71.7 Å². The van der Waals surface area contributed by atoms with Gasteiger partial charge < -0.3 is 9.13 Å². The van der Waals surface area contributed by atoms with Gasteiger partial charge in [-0.3, -0.25) is 0 Å². The first-order valence-electron chi connectivity index (χ1n) is 15.3. The molecule has 0 fully saturated rings. The summed E-state index contributed by atoms with van der Waals surface area (Å²) in [5.41, 5.74) is 2.85. The van der Waals surface area contributed by atoms with Crippen molar-refractivity contribution in [2.75, 3.05) is 0 Å². The van der Waals surface area contributed by atoms with Gasteiger partial charge in [-0.1, -0.05) is 48.5 Å². The van der Waals surface area contributed by atoms with Crippen molar-refractivity contribution in [3.63, 3.8) is 0 Å². The van der Waals surface area contributed by atoms with Crippen molar-refractivity contribution in [2.45, 2.75) is 12.4 Å². The number of alkyl halides is 6. The first kappa shape index (κ1) is 30.8. The van der Waals surface area contributed by atoms with Gasteiger partial charge in [0.2, 0.25) is 0 Å². The number of fused-ring (bicyclic) bond motifs is 6. The van der Waals surface area contributed by atoms with Gasteiger partial charge in [0.05, 0.1) is 67.8 Å². The van der Waals surface area contributed by atoms with Crippen LogP contribution >= 0.6 is 0 Å². The molecule has 50 heavy (non-hydrogen) atoms. The molecule has 0 aliphatic rings. The minimum atomic E-state index is -4.59. The van der Waals surface area contributed by atoms with Gasteiger partial charge >= 0.3 is 12.4 Å². The van der Waals surface area contributed by atoms with Crippen LogP contribution in [-0.2, 0) is 12.4 Å². The van der Waals surface area contributed by atoms with Crippen molar-refractivity contribution in [1.82, 2.24) is 9.13 Å². The van der Waals surface area contributed by atoms with Gasteiger partial charge in [0, 0.05) is 27.1 Å². The minimum Gasteiger partial charge on any atom is -0.307 e. The van der Waals surface area contributed by atoms with E-state index >= 15 is 0 Å². The summed E-state index contributed by atoms with van der Waals surface area (Å²) in [6.45, 7) is 0. The van der Waals surface area contributed by atoms with Crippen molar-refractivity contribution in [1.29, 1.82) is 10.5 Å². The van der Waals surface area contributed by atoms with E-state index in [1.807, 2.05) is 4.57 Å². The summed E-state index contributed by atoms with van der Waals surface area (Å²) in [7, 11) is 0. The number of nitrogens with zero attached hydrogens (tertiary/aromatic N) is 4. The predicted molar refractivity (Wildman–Crippen MR) is 180 cm³/mol. The molecule has 0 saturated carbocycles. The number of hydrogen-bond donors (Lipinski definition) is 0. The molecule has 0 unspecified atom stereocenters. The standard InChI is InChI=1S/C40H20F6N4/c41-39(42,43)26-12-14-35-31(18-26)28-8-1-3-10-33(28)49(35)37-17-25(22-48)30(24-7-5-6-23(16-24)21-47)20-38(37)50-34-11-4-2-9-29(34)32-19-27(40(44,45)46)13-15-36(32)50/h1-20H. The summed E-state index contributed by atoms with van der Waals surface area (Å²) in [5, 5.41) is 21.9. The van der Waals surface area contributed by atoms with Gasteiger partial charge in [0.25, 0.3) is 0 Å². The van der Waals surface area contributed by atoms with Crippen LogP contribution in [0.4, 0.5) is 26.3 Å². The minimum absolute atomic E-state index is 0.219. The average Bonchev–Trinajstić information content (AvgIpc) is 3.62. The Balaban J connectivity index is 1.55. The molecule has 0 radical (unpaired) electrons. The highest BCUT2D eigenvalue weighted by Crippen LogP contribution is 2.43. The Morgan fingerprint density at radius 1 is 0.460 bits per heavy atom. The quantitative estimate of drug-likeness (QED) is 0.176. The van der Waals surface area contributed by atoms with E-state index in [9.17, 15) is 36.9 Å². The lowest BCUT2D eigenvalue weighted by atomic mass is 9.97. The molecule has 8 aromatic rings. The zero-order valence-corrected chi connectivity index (χ0v) is 25.6. The summed E-state index contributed by atoms with van der Waals surface area (Å²) in [6.07, 6.45) is -9.18. The largest absolute Gasteiger partial charge is 0.416 e. The van der Waals surface area contributed by atoms with Crippen LogP contribution in [0.2, 0.25) is 0 Å². The topological polar surface area (TPSA) is 57.4 Å². The van der Waals surface area contributed by atoms with E-state index in [2.05, 4.69) is 12.1 Å². The number of nitriles is 2. The lowest BCUT2D eigenvalue weighted by Crippen LogP contribution is -2.07. The second kappa shape index (κ2) is 11.0. The zero-order valence-electron chi connectivity index (χ0n) is 25.6. The summed E-state index contributed by atoms with van der Waals surface area (Å²) in [5.74, 6) is 0. The van der Waals surface area contributed by atoms with Gasteiger partial charge in [0.1, 0.15) is 0 Å². The Labute approximate surface area is 279 Å². The first-order valence-corrected chi connectivity index (χ1v) is 15.3. The van der Waals surface area contributed by atoms with E-state index in [4.69, 9.17) is 0 Å². The Kier molecular flexibility index (Phi) is 6.78. The highest BCUT2D eigenvalue weighted by atomic mass is 19.4. The smallest absolute Gasteiger partial charge is 0.307 e. The molecule has 8 rings (SSSR count). The molecule has 0 amide bonds. The molecule has 0 aliphatic heterocycles. The van der Waals surface area contributed by atoms with E-state index < -0.39 is 23.5 Å². The molecule has 0 atom stereocenters. The van der Waals surface area contributed by atoms with Crippen molar-refractivity contribution in [3.05, 3.63) is 144 Å². The summed E-state index contributed by atoms with van der Waals surface area (Å²) in [6, 6.07) is 35.4. The molecule has 4 nitrogen and oxygen atoms in total. The first-order chi connectivity index (χ1) is 24.0. The molecule has 2 aromatic heterocycles. The molecule has 0 N–H and O–H groups in total. The SMILES string of the molecule is N#Cc1cccc(-c2cc(-n3c4ccccc4c4cc(C(F)(F)F)ccc43)c(-n3c4ccccc4c4cc(C(F)(F)F)ccc43)cc2C#N)c1. The van der Waals surface area contributed by atoms with E-state index in [-0.39, 0.29) is 5.56 Å². The maximum atomic E-state index is 13.9.